The van der Waals surface area contributed by atoms with Crippen molar-refractivity contribution in [2.45, 2.75) is 381 Å². The summed E-state index contributed by atoms with van der Waals surface area (Å²) in [6, 6.07) is 0. The van der Waals surface area contributed by atoms with Gasteiger partial charge in [-0.3, -0.25) is 9.59 Å². The van der Waals surface area contributed by atoms with Gasteiger partial charge in [0.05, 0.1) is 12.9 Å². The standard InChI is InChI=1S/C40H80O2.C33H60O4S2.CH4/c1-3-41-39-37-35-33-31-29-27-25-23-21-19-17-15-13-11-9-7-5-6-8-10-12-14-16-18-20-22-24-26-28-30-32-34-36-38-40-42-4-2;1-3-5-7-9-11-13-15-17-19-21-27-38-29-23-25-36-32(34)31-33(35)37-26-24-30-39-28-22-20-18-16-14-12-10-8-6-4-2;/h3H,1,4-40H2,2H3;23-24,29-30H,3-22,25-28,31H2,1-2H3;1H4/b;29-23+,30-24+;. The van der Waals surface area contributed by atoms with Crippen molar-refractivity contribution in [2.75, 3.05) is 44.5 Å². The number of carbonyl (C=O) groups is 2. The first-order valence-corrected chi connectivity index (χ1v) is 37.9. The third-order valence-electron chi connectivity index (χ3n) is 15.7. The molecule has 0 saturated heterocycles. The predicted molar refractivity (Wildman–Crippen MR) is 370 cm³/mol. The summed E-state index contributed by atoms with van der Waals surface area (Å²) in [7, 11) is 0. The minimum absolute atomic E-state index is 0. The van der Waals surface area contributed by atoms with E-state index < -0.39 is 11.9 Å². The summed E-state index contributed by atoms with van der Waals surface area (Å²) in [5, 5.41) is 3.97. The molecule has 0 N–H and O–H groups in total. The van der Waals surface area contributed by atoms with Crippen LogP contribution >= 0.6 is 23.5 Å². The molecule has 8 heteroatoms. The van der Waals surface area contributed by atoms with Crippen LogP contribution in [0.15, 0.2) is 35.8 Å². The Bertz CT molecular complexity index is 1190. The largest absolute Gasteiger partial charge is 0.502 e. The molecular formula is C74H144O6S2. The van der Waals surface area contributed by atoms with Crippen LogP contribution in [0.1, 0.15) is 381 Å². The third kappa shape index (κ3) is 82.8. The zero-order chi connectivity index (χ0) is 58.8. The van der Waals surface area contributed by atoms with E-state index in [2.05, 4.69) is 27.4 Å². The number of hydrogen-bond donors (Lipinski definition) is 0. The van der Waals surface area contributed by atoms with Crippen molar-refractivity contribution in [1.29, 1.82) is 0 Å². The first-order chi connectivity index (χ1) is 40.1. The summed E-state index contributed by atoms with van der Waals surface area (Å²) >= 11 is 3.50. The van der Waals surface area contributed by atoms with E-state index in [0.717, 1.165) is 31.3 Å². The topological polar surface area (TPSA) is 71.1 Å². The van der Waals surface area contributed by atoms with Gasteiger partial charge in [-0.25, -0.2) is 0 Å². The van der Waals surface area contributed by atoms with E-state index in [1.54, 1.807) is 29.8 Å². The lowest BCUT2D eigenvalue weighted by Crippen LogP contribution is -2.14. The summed E-state index contributed by atoms with van der Waals surface area (Å²) in [4.78, 5) is 23.5. The fourth-order valence-corrected chi connectivity index (χ4v) is 11.9. The van der Waals surface area contributed by atoms with Crippen LogP contribution in [0.4, 0.5) is 0 Å². The van der Waals surface area contributed by atoms with Crippen LogP contribution in [0.25, 0.3) is 0 Å². The molecular weight excluding hydrogens is 1050 g/mol. The highest BCUT2D eigenvalue weighted by Gasteiger charge is 2.11. The molecule has 0 aliphatic carbocycles. The van der Waals surface area contributed by atoms with Crippen LogP contribution in [0.3, 0.4) is 0 Å². The van der Waals surface area contributed by atoms with Gasteiger partial charge >= 0.3 is 11.9 Å². The molecule has 488 valence electrons. The summed E-state index contributed by atoms with van der Waals surface area (Å²) in [6.45, 7) is 13.3. The Labute approximate surface area is 522 Å². The molecule has 0 aliphatic heterocycles. The van der Waals surface area contributed by atoms with Gasteiger partial charge in [-0.05, 0) is 67.1 Å². The van der Waals surface area contributed by atoms with Crippen molar-refractivity contribution in [3.63, 3.8) is 0 Å². The van der Waals surface area contributed by atoms with Gasteiger partial charge in [0.15, 0.2) is 0 Å². The Kier molecular flexibility index (Phi) is 84.5. The van der Waals surface area contributed by atoms with Crippen molar-refractivity contribution < 1.29 is 28.5 Å². The van der Waals surface area contributed by atoms with Crippen LogP contribution < -0.4 is 0 Å². The van der Waals surface area contributed by atoms with Gasteiger partial charge in [-0.15, -0.1) is 23.5 Å². The maximum Gasteiger partial charge on any atom is 0.317 e. The van der Waals surface area contributed by atoms with Gasteiger partial charge in [0.1, 0.15) is 19.6 Å². The van der Waals surface area contributed by atoms with Gasteiger partial charge in [0.25, 0.3) is 0 Å². The highest BCUT2D eigenvalue weighted by atomic mass is 32.2. The molecule has 0 unspecified atom stereocenters. The first-order valence-electron chi connectivity index (χ1n) is 35.8. The Morgan fingerprint density at radius 3 is 0.805 bits per heavy atom. The fraction of sp³-hybridized carbons (Fsp3) is 0.892. The summed E-state index contributed by atoms with van der Waals surface area (Å²) in [6.07, 6.45) is 80.9. The molecule has 6 nitrogen and oxygen atoms in total. The monoisotopic (exact) mass is 1190 g/mol. The molecule has 0 spiro atoms. The highest BCUT2D eigenvalue weighted by Crippen LogP contribution is 2.19. The molecule has 0 radical (unpaired) electrons. The van der Waals surface area contributed by atoms with Gasteiger partial charge in [-0.2, -0.15) is 0 Å². The second kappa shape index (κ2) is 81.7. The molecule has 0 aliphatic rings. The zero-order valence-corrected chi connectivity index (χ0v) is 56.3. The number of hydrogen-bond acceptors (Lipinski definition) is 8. The second-order valence-corrected chi connectivity index (χ2v) is 25.7. The molecule has 0 aromatic heterocycles. The van der Waals surface area contributed by atoms with E-state index in [0.29, 0.717) is 0 Å². The number of unbranched alkanes of at least 4 members (excludes halogenated alkanes) is 51. The van der Waals surface area contributed by atoms with Crippen LogP contribution in [0.5, 0.6) is 0 Å². The highest BCUT2D eigenvalue weighted by molar-refractivity contribution is 8.02. The Balaban J connectivity index is -0.00000151. The Morgan fingerprint density at radius 1 is 0.329 bits per heavy atom. The fourth-order valence-electron chi connectivity index (χ4n) is 10.5. The molecule has 0 atom stereocenters. The van der Waals surface area contributed by atoms with Gasteiger partial charge < -0.3 is 18.9 Å². The molecule has 0 amide bonds. The van der Waals surface area contributed by atoms with E-state index >= 15 is 0 Å². The molecule has 0 bridgehead atoms. The lowest BCUT2D eigenvalue weighted by molar-refractivity contribution is -0.153. The summed E-state index contributed by atoms with van der Waals surface area (Å²) in [5.41, 5.74) is 0. The Morgan fingerprint density at radius 2 is 0.561 bits per heavy atom. The minimum Gasteiger partial charge on any atom is -0.502 e. The smallest absolute Gasteiger partial charge is 0.317 e. The van der Waals surface area contributed by atoms with E-state index in [-0.39, 0.29) is 27.1 Å². The lowest BCUT2D eigenvalue weighted by Gasteiger charge is -2.05. The van der Waals surface area contributed by atoms with Crippen molar-refractivity contribution in [2.24, 2.45) is 0 Å². The number of thioether (sulfide) groups is 2. The molecule has 0 rings (SSSR count). The van der Waals surface area contributed by atoms with Gasteiger partial charge in [0.2, 0.25) is 0 Å². The molecule has 0 fully saturated rings. The quantitative estimate of drug-likeness (QED) is 0.0258. The molecule has 82 heavy (non-hydrogen) atoms. The average molecular weight is 1190 g/mol. The lowest BCUT2D eigenvalue weighted by atomic mass is 10.0. The van der Waals surface area contributed by atoms with Gasteiger partial charge in [-0.1, -0.05) is 349 Å². The van der Waals surface area contributed by atoms with Crippen LogP contribution in [-0.4, -0.2) is 56.5 Å². The Hall–Kier alpha value is -1.38. The SMILES string of the molecule is C.C=COCCCCCCCCCCCCCCCCCCCCCCCCCCCCCCCCCCCCOCC.CCCCCCCCCCCCS/C=C/COC(=O)CC(=O)OC/C=C/SCCCCCCCCCCCC. The van der Waals surface area contributed by atoms with Crippen LogP contribution in [-0.2, 0) is 28.5 Å². The predicted octanol–water partition coefficient (Wildman–Crippen LogP) is 25.9. The second-order valence-electron chi connectivity index (χ2n) is 23.6. The van der Waals surface area contributed by atoms with Gasteiger partial charge in [0, 0.05) is 13.2 Å². The molecule has 0 aromatic carbocycles. The normalized spacial score (nSPS) is 11.3. The van der Waals surface area contributed by atoms with Crippen molar-refractivity contribution in [3.05, 3.63) is 35.8 Å². The minimum atomic E-state index is -0.538. The van der Waals surface area contributed by atoms with E-state index in [1.807, 2.05) is 23.0 Å². The van der Waals surface area contributed by atoms with Crippen LogP contribution in [0, 0.1) is 0 Å². The number of rotatable bonds is 69. The zero-order valence-electron chi connectivity index (χ0n) is 54.7. The van der Waals surface area contributed by atoms with Crippen molar-refractivity contribution in [1.82, 2.24) is 0 Å². The maximum absolute atomic E-state index is 11.8. The summed E-state index contributed by atoms with van der Waals surface area (Å²) in [5.74, 6) is 1.11. The number of carbonyl (C=O) groups excluding carboxylic acids is 2. The average Bonchev–Trinajstić information content (AvgIpc) is 3.47. The first kappa shape index (κ1) is 84.8. The van der Waals surface area contributed by atoms with Crippen molar-refractivity contribution in [3.8, 4) is 0 Å². The number of esters is 2. The van der Waals surface area contributed by atoms with Crippen LogP contribution in [0.2, 0.25) is 0 Å². The van der Waals surface area contributed by atoms with E-state index in [1.165, 1.54) is 347 Å². The van der Waals surface area contributed by atoms with Crippen molar-refractivity contribution >= 4 is 35.5 Å². The maximum atomic E-state index is 11.8. The van der Waals surface area contributed by atoms with E-state index in [4.69, 9.17) is 18.9 Å². The molecule has 0 saturated carbocycles. The summed E-state index contributed by atoms with van der Waals surface area (Å²) < 4.78 is 20.7. The third-order valence-corrected chi connectivity index (χ3v) is 17.5. The number of ether oxygens (including phenoxy) is 4. The molecule has 0 aromatic rings. The van der Waals surface area contributed by atoms with E-state index in [9.17, 15) is 9.59 Å². The molecule has 0 heterocycles.